The number of likely N-dealkylation sites (tertiary alicyclic amines) is 2. The van der Waals surface area contributed by atoms with E-state index in [0.717, 1.165) is 64.4 Å². The third kappa shape index (κ3) is 6.69. The molecule has 2 saturated heterocycles. The zero-order chi connectivity index (χ0) is 22.9. The summed E-state index contributed by atoms with van der Waals surface area (Å²) in [6.07, 6.45) is 3.48. The van der Waals surface area contributed by atoms with E-state index in [1.165, 1.54) is 11.1 Å². The van der Waals surface area contributed by atoms with E-state index in [-0.39, 0.29) is 23.7 Å². The first-order valence-corrected chi connectivity index (χ1v) is 11.7. The molecule has 176 valence electrons. The van der Waals surface area contributed by atoms with Crippen LogP contribution in [0.5, 0.6) is 0 Å². The summed E-state index contributed by atoms with van der Waals surface area (Å²) in [7, 11) is 1.79. The Hall–Kier alpha value is -2.61. The number of carbonyl (C=O) groups is 2. The molecule has 1 aromatic carbocycles. The maximum atomic E-state index is 12.0. The standard InChI is InChI=1S/C24H37N5O3/c1-3-32-23(31)20-9-12-29(13-10-20)24(26-2)27-15-18-6-4-7-19(14-18)16-28-11-5-8-21(17-28)22(25)30/h4,6-7,14,20-21H,3,5,8-13,15-17H2,1-2H3,(H2,25,30)(H,26,27). The van der Waals surface area contributed by atoms with Gasteiger partial charge in [-0.05, 0) is 50.3 Å². The summed E-state index contributed by atoms with van der Waals surface area (Å²) in [6, 6.07) is 8.53. The molecule has 2 aliphatic rings. The van der Waals surface area contributed by atoms with Gasteiger partial charge in [-0.15, -0.1) is 0 Å². The predicted molar refractivity (Wildman–Crippen MR) is 125 cm³/mol. The van der Waals surface area contributed by atoms with E-state index < -0.39 is 0 Å². The second kappa shape index (κ2) is 11.9. The summed E-state index contributed by atoms with van der Waals surface area (Å²) < 4.78 is 5.16. The van der Waals surface area contributed by atoms with Crippen molar-refractivity contribution in [1.29, 1.82) is 0 Å². The minimum Gasteiger partial charge on any atom is -0.466 e. The van der Waals surface area contributed by atoms with Crippen molar-refractivity contribution >= 4 is 17.8 Å². The van der Waals surface area contributed by atoms with Gasteiger partial charge in [0.2, 0.25) is 5.91 Å². The number of rotatable bonds is 7. The molecule has 1 aromatic rings. The number of esters is 1. The fourth-order valence-corrected chi connectivity index (χ4v) is 4.63. The van der Waals surface area contributed by atoms with Crippen LogP contribution in [-0.2, 0) is 27.4 Å². The smallest absolute Gasteiger partial charge is 0.309 e. The van der Waals surface area contributed by atoms with Gasteiger partial charge in [0, 0.05) is 39.8 Å². The van der Waals surface area contributed by atoms with Gasteiger partial charge in [-0.3, -0.25) is 19.5 Å². The maximum Gasteiger partial charge on any atom is 0.309 e. The second-order valence-corrected chi connectivity index (χ2v) is 8.71. The number of guanidine groups is 1. The molecule has 0 spiro atoms. The molecule has 0 saturated carbocycles. The van der Waals surface area contributed by atoms with Crippen molar-refractivity contribution in [2.45, 2.75) is 45.7 Å². The van der Waals surface area contributed by atoms with Crippen molar-refractivity contribution in [3.05, 3.63) is 35.4 Å². The van der Waals surface area contributed by atoms with Crippen LogP contribution in [0.2, 0.25) is 0 Å². The largest absolute Gasteiger partial charge is 0.466 e. The van der Waals surface area contributed by atoms with Crippen LogP contribution in [-0.4, -0.2) is 67.5 Å². The molecule has 2 fully saturated rings. The highest BCUT2D eigenvalue weighted by molar-refractivity contribution is 5.80. The summed E-state index contributed by atoms with van der Waals surface area (Å²) in [5.41, 5.74) is 7.94. The molecule has 1 amide bonds. The van der Waals surface area contributed by atoms with E-state index in [0.29, 0.717) is 13.2 Å². The Kier molecular flexibility index (Phi) is 8.90. The van der Waals surface area contributed by atoms with Crippen molar-refractivity contribution < 1.29 is 14.3 Å². The third-order valence-corrected chi connectivity index (χ3v) is 6.38. The molecule has 3 N–H and O–H groups in total. The third-order valence-electron chi connectivity index (χ3n) is 6.38. The summed E-state index contributed by atoms with van der Waals surface area (Å²) in [4.78, 5) is 32.5. The van der Waals surface area contributed by atoms with E-state index in [9.17, 15) is 9.59 Å². The van der Waals surface area contributed by atoms with Gasteiger partial charge in [-0.2, -0.15) is 0 Å². The minimum absolute atomic E-state index is 0.00932. The molecular weight excluding hydrogens is 406 g/mol. The number of nitrogens with two attached hydrogens (primary N) is 1. The predicted octanol–water partition coefficient (Wildman–Crippen LogP) is 1.73. The summed E-state index contributed by atoms with van der Waals surface area (Å²) in [6.45, 7) is 7.12. The Morgan fingerprint density at radius 1 is 1.16 bits per heavy atom. The molecule has 1 atom stereocenters. The van der Waals surface area contributed by atoms with Crippen LogP contribution in [0, 0.1) is 11.8 Å². The van der Waals surface area contributed by atoms with E-state index >= 15 is 0 Å². The van der Waals surface area contributed by atoms with Gasteiger partial charge < -0.3 is 20.7 Å². The summed E-state index contributed by atoms with van der Waals surface area (Å²) in [5.74, 6) is 0.543. The lowest BCUT2D eigenvalue weighted by atomic mass is 9.97. The van der Waals surface area contributed by atoms with Crippen LogP contribution in [0.4, 0.5) is 0 Å². The zero-order valence-corrected chi connectivity index (χ0v) is 19.4. The van der Waals surface area contributed by atoms with Crippen LogP contribution in [0.3, 0.4) is 0 Å². The molecular formula is C24H37N5O3. The van der Waals surface area contributed by atoms with Gasteiger partial charge >= 0.3 is 5.97 Å². The second-order valence-electron chi connectivity index (χ2n) is 8.71. The molecule has 32 heavy (non-hydrogen) atoms. The SMILES string of the molecule is CCOC(=O)C1CCN(C(=NC)NCc2cccc(CN3CCCC(C(N)=O)C3)c2)CC1. The summed E-state index contributed by atoms with van der Waals surface area (Å²) >= 11 is 0. The lowest BCUT2D eigenvalue weighted by Crippen LogP contribution is -2.46. The molecule has 2 aliphatic heterocycles. The highest BCUT2D eigenvalue weighted by atomic mass is 16.5. The number of benzene rings is 1. The lowest BCUT2D eigenvalue weighted by molar-refractivity contribution is -0.149. The first-order valence-electron chi connectivity index (χ1n) is 11.7. The number of hydrogen-bond donors (Lipinski definition) is 2. The highest BCUT2D eigenvalue weighted by Gasteiger charge is 2.27. The van der Waals surface area contributed by atoms with Crippen molar-refractivity contribution in [3.8, 4) is 0 Å². The van der Waals surface area contributed by atoms with Gasteiger partial charge in [0.25, 0.3) is 0 Å². The quantitative estimate of drug-likeness (QED) is 0.378. The van der Waals surface area contributed by atoms with Crippen LogP contribution in [0.25, 0.3) is 0 Å². The number of amides is 1. The molecule has 8 nitrogen and oxygen atoms in total. The topological polar surface area (TPSA) is 100 Å². The number of ether oxygens (including phenoxy) is 1. The highest BCUT2D eigenvalue weighted by Crippen LogP contribution is 2.20. The first kappa shape index (κ1) is 24.0. The van der Waals surface area contributed by atoms with E-state index in [1.807, 2.05) is 6.92 Å². The fraction of sp³-hybridized carbons (Fsp3) is 0.625. The van der Waals surface area contributed by atoms with Crippen LogP contribution in [0.15, 0.2) is 29.3 Å². The van der Waals surface area contributed by atoms with Crippen LogP contribution in [0.1, 0.15) is 43.7 Å². The average molecular weight is 444 g/mol. The monoisotopic (exact) mass is 443 g/mol. The number of primary amides is 1. The van der Waals surface area contributed by atoms with Crippen molar-refractivity contribution in [2.24, 2.45) is 22.6 Å². The minimum atomic E-state index is -0.190. The Balaban J connectivity index is 1.50. The molecule has 2 heterocycles. The number of aliphatic imine (C=N–C) groups is 1. The van der Waals surface area contributed by atoms with Gasteiger partial charge in [0.05, 0.1) is 18.4 Å². The van der Waals surface area contributed by atoms with Crippen molar-refractivity contribution in [2.75, 3.05) is 39.8 Å². The number of carbonyl (C=O) groups excluding carboxylic acids is 2. The maximum absolute atomic E-state index is 12.0. The molecule has 0 aliphatic carbocycles. The van der Waals surface area contributed by atoms with Gasteiger partial charge in [0.1, 0.15) is 0 Å². The van der Waals surface area contributed by atoms with Gasteiger partial charge in [0.15, 0.2) is 5.96 Å². The number of hydrogen-bond acceptors (Lipinski definition) is 5. The Morgan fingerprint density at radius 2 is 1.91 bits per heavy atom. The average Bonchev–Trinajstić information content (AvgIpc) is 2.80. The molecule has 3 rings (SSSR count). The normalized spacial score (nSPS) is 20.8. The first-order chi connectivity index (χ1) is 15.5. The molecule has 0 bridgehead atoms. The van der Waals surface area contributed by atoms with Gasteiger partial charge in [-0.1, -0.05) is 24.3 Å². The Labute approximate surface area is 191 Å². The van der Waals surface area contributed by atoms with E-state index in [1.54, 1.807) is 7.05 Å². The van der Waals surface area contributed by atoms with Crippen molar-refractivity contribution in [3.63, 3.8) is 0 Å². The van der Waals surface area contributed by atoms with Crippen LogP contribution < -0.4 is 11.1 Å². The Morgan fingerprint density at radius 3 is 2.59 bits per heavy atom. The number of piperidine rings is 2. The molecule has 8 heteroatoms. The van der Waals surface area contributed by atoms with E-state index in [2.05, 4.69) is 44.4 Å². The van der Waals surface area contributed by atoms with Crippen molar-refractivity contribution in [1.82, 2.24) is 15.1 Å². The lowest BCUT2D eigenvalue weighted by Gasteiger charge is -2.33. The van der Waals surface area contributed by atoms with Crippen LogP contribution >= 0.6 is 0 Å². The zero-order valence-electron chi connectivity index (χ0n) is 19.4. The number of nitrogens with one attached hydrogen (secondary N) is 1. The Bertz CT molecular complexity index is 805. The molecule has 0 radical (unpaired) electrons. The molecule has 0 aromatic heterocycles. The number of nitrogens with zero attached hydrogens (tertiary/aromatic N) is 3. The summed E-state index contributed by atoms with van der Waals surface area (Å²) in [5, 5.41) is 3.46. The van der Waals surface area contributed by atoms with Gasteiger partial charge in [-0.25, -0.2) is 0 Å². The van der Waals surface area contributed by atoms with E-state index in [4.69, 9.17) is 10.5 Å². The fourth-order valence-electron chi connectivity index (χ4n) is 4.63. The molecule has 1 unspecified atom stereocenters.